The predicted molar refractivity (Wildman–Crippen MR) is 81.7 cm³/mol. The first-order valence-corrected chi connectivity index (χ1v) is 7.89. The molecular weight excluding hydrogens is 222 g/mol. The normalized spacial score (nSPS) is 14.4. The fourth-order valence-corrected chi connectivity index (χ4v) is 1.82. The van der Waals surface area contributed by atoms with Crippen molar-refractivity contribution < 1.29 is 4.79 Å². The van der Waals surface area contributed by atoms with E-state index in [-0.39, 0.29) is 5.91 Å². The summed E-state index contributed by atoms with van der Waals surface area (Å²) in [6.45, 7) is 13.5. The lowest BCUT2D eigenvalue weighted by molar-refractivity contribution is -0.124. The third-order valence-corrected chi connectivity index (χ3v) is 2.75. The molecular formula is C16H35NO. The molecule has 1 N–H and O–H groups in total. The summed E-state index contributed by atoms with van der Waals surface area (Å²) in [6, 6.07) is 0. The number of carbonyl (C=O) groups excluding carboxylic acids is 1. The second-order valence-electron chi connectivity index (χ2n) is 5.16. The molecule has 0 aromatic carbocycles. The van der Waals surface area contributed by atoms with Gasteiger partial charge >= 0.3 is 0 Å². The molecule has 0 bridgehead atoms. The van der Waals surface area contributed by atoms with Crippen molar-refractivity contribution in [3.05, 3.63) is 0 Å². The maximum Gasteiger partial charge on any atom is 0.223 e. The minimum absolute atomic E-state index is 0.290. The summed E-state index contributed by atoms with van der Waals surface area (Å²) in [7, 11) is 0. The van der Waals surface area contributed by atoms with E-state index in [2.05, 4.69) is 33.0 Å². The number of rotatable bonds is 4. The maximum absolute atomic E-state index is 11.5. The third-order valence-electron chi connectivity index (χ3n) is 2.75. The van der Waals surface area contributed by atoms with Crippen LogP contribution in [0.1, 0.15) is 80.1 Å². The Morgan fingerprint density at radius 3 is 2.00 bits per heavy atom. The minimum Gasteiger partial charge on any atom is -0.356 e. The zero-order valence-electron chi connectivity index (χ0n) is 13.5. The second-order valence-corrected chi connectivity index (χ2v) is 5.16. The van der Waals surface area contributed by atoms with Crippen molar-refractivity contribution in [2.45, 2.75) is 80.1 Å². The van der Waals surface area contributed by atoms with Gasteiger partial charge in [0.1, 0.15) is 0 Å². The second kappa shape index (κ2) is 14.5. The van der Waals surface area contributed by atoms with Crippen molar-refractivity contribution in [1.82, 2.24) is 5.32 Å². The van der Waals surface area contributed by atoms with Crippen LogP contribution in [0.25, 0.3) is 0 Å². The van der Waals surface area contributed by atoms with Crippen molar-refractivity contribution >= 4 is 5.91 Å². The van der Waals surface area contributed by atoms with Gasteiger partial charge in [-0.1, -0.05) is 60.8 Å². The van der Waals surface area contributed by atoms with Gasteiger partial charge in [0, 0.05) is 12.5 Å². The number of nitrogens with one attached hydrogen (secondary N) is 1. The van der Waals surface area contributed by atoms with E-state index < -0.39 is 0 Å². The Bertz CT molecular complexity index is 172. The highest BCUT2D eigenvalue weighted by atomic mass is 16.1. The maximum atomic E-state index is 11.5. The van der Waals surface area contributed by atoms with Crippen LogP contribution in [0.3, 0.4) is 0 Å². The van der Waals surface area contributed by atoms with Gasteiger partial charge in [0.05, 0.1) is 0 Å². The van der Waals surface area contributed by atoms with Crippen molar-refractivity contribution in [2.75, 3.05) is 6.54 Å². The summed E-state index contributed by atoms with van der Waals surface area (Å²) >= 11 is 0. The summed E-state index contributed by atoms with van der Waals surface area (Å²) in [5.74, 6) is 1.30. The highest BCUT2D eigenvalue weighted by molar-refractivity contribution is 5.78. The zero-order valence-corrected chi connectivity index (χ0v) is 13.5. The quantitative estimate of drug-likeness (QED) is 0.771. The zero-order chi connectivity index (χ0) is 14.4. The Kier molecular flexibility index (Phi) is 16.0. The molecule has 2 heteroatoms. The molecule has 2 nitrogen and oxygen atoms in total. The summed E-state index contributed by atoms with van der Waals surface area (Å²) in [4.78, 5) is 11.5. The van der Waals surface area contributed by atoms with Gasteiger partial charge < -0.3 is 5.32 Å². The predicted octanol–water partition coefficient (Wildman–Crippen LogP) is 4.78. The molecule has 0 heterocycles. The van der Waals surface area contributed by atoms with Gasteiger partial charge in [-0.05, 0) is 25.2 Å². The van der Waals surface area contributed by atoms with E-state index >= 15 is 0 Å². The number of amides is 1. The Labute approximate surface area is 115 Å². The molecule has 0 atom stereocenters. The van der Waals surface area contributed by atoms with Gasteiger partial charge in [-0.3, -0.25) is 4.79 Å². The van der Waals surface area contributed by atoms with Crippen LogP contribution in [0.15, 0.2) is 0 Å². The van der Waals surface area contributed by atoms with Crippen LogP contribution in [0, 0.1) is 11.8 Å². The number of hydrogen-bond acceptors (Lipinski definition) is 1. The molecule has 0 spiro atoms. The van der Waals surface area contributed by atoms with E-state index in [0.29, 0.717) is 11.8 Å². The first-order valence-electron chi connectivity index (χ1n) is 7.89. The number of hydrogen-bond donors (Lipinski definition) is 1. The molecule has 0 aliphatic heterocycles. The Hall–Kier alpha value is -0.530. The third kappa shape index (κ3) is 11.9. The largest absolute Gasteiger partial charge is 0.356 e. The van der Waals surface area contributed by atoms with Gasteiger partial charge in [-0.2, -0.15) is 0 Å². The Morgan fingerprint density at radius 2 is 1.61 bits per heavy atom. The van der Waals surface area contributed by atoms with E-state index in [0.717, 1.165) is 25.8 Å². The molecule has 18 heavy (non-hydrogen) atoms. The topological polar surface area (TPSA) is 29.1 Å². The van der Waals surface area contributed by atoms with Crippen LogP contribution >= 0.6 is 0 Å². The minimum atomic E-state index is 0.290. The summed E-state index contributed by atoms with van der Waals surface area (Å²) in [5, 5.41) is 3.02. The molecule has 1 aliphatic carbocycles. The lowest BCUT2D eigenvalue weighted by Gasteiger charge is -2.11. The average Bonchev–Trinajstić information content (AvgIpc) is 2.85. The molecule has 1 saturated carbocycles. The van der Waals surface area contributed by atoms with Gasteiger partial charge in [-0.25, -0.2) is 0 Å². The fourth-order valence-electron chi connectivity index (χ4n) is 1.82. The van der Waals surface area contributed by atoms with Crippen LogP contribution in [0.2, 0.25) is 0 Å². The molecule has 0 saturated heterocycles. The van der Waals surface area contributed by atoms with Crippen LogP contribution < -0.4 is 5.32 Å². The van der Waals surface area contributed by atoms with Crippen LogP contribution in [0.5, 0.6) is 0 Å². The molecule has 1 fully saturated rings. The van der Waals surface area contributed by atoms with E-state index in [1.165, 1.54) is 19.3 Å². The summed E-state index contributed by atoms with van der Waals surface area (Å²) in [6.07, 6.45) is 7.03. The van der Waals surface area contributed by atoms with Gasteiger partial charge in [0.15, 0.2) is 0 Å². The monoisotopic (exact) mass is 257 g/mol. The Morgan fingerprint density at radius 1 is 1.17 bits per heavy atom. The molecule has 0 radical (unpaired) electrons. The van der Waals surface area contributed by atoms with E-state index in [9.17, 15) is 4.79 Å². The molecule has 110 valence electrons. The molecule has 1 aliphatic rings. The van der Waals surface area contributed by atoms with E-state index in [1.807, 2.05) is 13.8 Å². The van der Waals surface area contributed by atoms with Gasteiger partial charge in [-0.15, -0.1) is 0 Å². The molecule has 0 unspecified atom stereocenters. The Balaban J connectivity index is 0. The first-order chi connectivity index (χ1) is 8.61. The standard InChI is InChI=1S/C11H21NO.C3H8.C2H6/c1-9(2)7-8-12-11(13)10-5-3-4-6-10;1-3-2;1-2/h9-10H,3-8H2,1-2H3,(H,12,13);3H2,1-2H3;1-2H3. The SMILES string of the molecule is CC.CC(C)CCNC(=O)C1CCCC1.CCC. The van der Waals surface area contributed by atoms with Crippen LogP contribution in [0.4, 0.5) is 0 Å². The highest BCUT2D eigenvalue weighted by Gasteiger charge is 2.21. The molecule has 1 amide bonds. The summed E-state index contributed by atoms with van der Waals surface area (Å²) in [5.41, 5.74) is 0. The van der Waals surface area contributed by atoms with Crippen molar-refractivity contribution in [2.24, 2.45) is 11.8 Å². The number of carbonyl (C=O) groups is 1. The lowest BCUT2D eigenvalue weighted by Crippen LogP contribution is -2.30. The van der Waals surface area contributed by atoms with Gasteiger partial charge in [0.25, 0.3) is 0 Å². The highest BCUT2D eigenvalue weighted by Crippen LogP contribution is 2.24. The summed E-state index contributed by atoms with van der Waals surface area (Å²) < 4.78 is 0. The van der Waals surface area contributed by atoms with Crippen LogP contribution in [-0.2, 0) is 4.79 Å². The smallest absolute Gasteiger partial charge is 0.223 e. The van der Waals surface area contributed by atoms with Crippen molar-refractivity contribution in [3.8, 4) is 0 Å². The molecule has 0 aromatic heterocycles. The van der Waals surface area contributed by atoms with E-state index in [4.69, 9.17) is 0 Å². The first kappa shape index (κ1) is 19.8. The van der Waals surface area contributed by atoms with Crippen molar-refractivity contribution in [1.29, 1.82) is 0 Å². The molecule has 1 rings (SSSR count). The van der Waals surface area contributed by atoms with Crippen molar-refractivity contribution in [3.63, 3.8) is 0 Å². The lowest BCUT2D eigenvalue weighted by atomic mass is 10.1. The van der Waals surface area contributed by atoms with Gasteiger partial charge in [0.2, 0.25) is 5.91 Å². The van der Waals surface area contributed by atoms with Crippen LogP contribution in [-0.4, -0.2) is 12.5 Å². The average molecular weight is 257 g/mol. The molecule has 0 aromatic rings. The van der Waals surface area contributed by atoms with E-state index in [1.54, 1.807) is 0 Å². The fraction of sp³-hybridized carbons (Fsp3) is 0.938.